The van der Waals surface area contributed by atoms with Crippen molar-refractivity contribution < 1.29 is 8.95 Å². The van der Waals surface area contributed by atoms with Gasteiger partial charge in [-0.25, -0.2) is 0 Å². The van der Waals surface area contributed by atoms with Crippen LogP contribution in [0.2, 0.25) is 0 Å². The highest BCUT2D eigenvalue weighted by atomic mass is 32.2. The lowest BCUT2D eigenvalue weighted by molar-refractivity contribution is 0.358. The molecule has 1 heterocycles. The molecule has 0 aromatic carbocycles. The fraction of sp³-hybridized carbons (Fsp3) is 1.00. The fourth-order valence-electron chi connectivity index (χ4n) is 2.45. The maximum absolute atomic E-state index is 12.2. The van der Waals surface area contributed by atoms with Crippen LogP contribution in [-0.4, -0.2) is 33.7 Å². The van der Waals surface area contributed by atoms with E-state index in [-0.39, 0.29) is 0 Å². The van der Waals surface area contributed by atoms with E-state index in [9.17, 15) is 4.21 Å². The molecule has 0 bridgehead atoms. The standard InChI is InChI=1S/C12H24O2S/c1-9(2)15(3,13)7-6-10-4-5-11-12(8-10)14-11/h9-12,15H,4-8H2,1-3H3. The maximum Gasteiger partial charge on any atom is 0.0844 e. The second-order valence-electron chi connectivity index (χ2n) is 5.67. The molecule has 2 nitrogen and oxygen atoms in total. The van der Waals surface area contributed by atoms with Crippen LogP contribution >= 0.6 is 0 Å². The van der Waals surface area contributed by atoms with Gasteiger partial charge in [0.25, 0.3) is 0 Å². The van der Waals surface area contributed by atoms with Gasteiger partial charge in [-0.3, -0.25) is 4.21 Å². The molecular weight excluding hydrogens is 208 g/mol. The Kier molecular flexibility index (Phi) is 3.22. The first-order chi connectivity index (χ1) is 6.99. The van der Waals surface area contributed by atoms with Gasteiger partial charge in [-0.05, 0) is 37.9 Å². The van der Waals surface area contributed by atoms with Crippen molar-refractivity contribution in [2.45, 2.75) is 57.0 Å². The predicted octanol–water partition coefficient (Wildman–Crippen LogP) is 2.00. The molecule has 1 aliphatic carbocycles. The SMILES string of the molecule is CC(C)[SH](C)(=O)CCC1CCC2OC2C1. The van der Waals surface area contributed by atoms with Crippen LogP contribution in [0.4, 0.5) is 0 Å². The molecule has 15 heavy (non-hydrogen) atoms. The van der Waals surface area contributed by atoms with E-state index in [1.807, 2.05) is 6.26 Å². The van der Waals surface area contributed by atoms with E-state index in [1.165, 1.54) is 19.3 Å². The molecule has 0 aromatic rings. The van der Waals surface area contributed by atoms with Gasteiger partial charge in [0.15, 0.2) is 0 Å². The Labute approximate surface area is 94.2 Å². The van der Waals surface area contributed by atoms with Gasteiger partial charge in [0.05, 0.1) is 12.2 Å². The monoisotopic (exact) mass is 232 g/mol. The van der Waals surface area contributed by atoms with E-state index >= 15 is 0 Å². The molecule has 3 atom stereocenters. The first kappa shape index (κ1) is 11.6. The number of thiol groups is 1. The van der Waals surface area contributed by atoms with Crippen LogP contribution in [-0.2, 0) is 14.7 Å². The van der Waals surface area contributed by atoms with Crippen LogP contribution in [0.25, 0.3) is 0 Å². The van der Waals surface area contributed by atoms with Gasteiger partial charge >= 0.3 is 0 Å². The first-order valence-corrected chi connectivity index (χ1v) is 8.61. The van der Waals surface area contributed by atoms with Crippen LogP contribution in [0.3, 0.4) is 0 Å². The van der Waals surface area contributed by atoms with Gasteiger partial charge < -0.3 is 4.74 Å². The lowest BCUT2D eigenvalue weighted by Crippen LogP contribution is -2.27. The largest absolute Gasteiger partial charge is 0.370 e. The zero-order valence-electron chi connectivity index (χ0n) is 10.1. The molecule has 1 saturated carbocycles. The van der Waals surface area contributed by atoms with Crippen molar-refractivity contribution in [3.8, 4) is 0 Å². The third-order valence-electron chi connectivity index (χ3n) is 4.19. The van der Waals surface area contributed by atoms with E-state index < -0.39 is 9.93 Å². The topological polar surface area (TPSA) is 29.6 Å². The van der Waals surface area contributed by atoms with Gasteiger partial charge in [-0.1, -0.05) is 13.8 Å². The summed E-state index contributed by atoms with van der Waals surface area (Å²) in [5.41, 5.74) is 0. The first-order valence-electron chi connectivity index (χ1n) is 6.20. The average Bonchev–Trinajstić information content (AvgIpc) is 2.92. The summed E-state index contributed by atoms with van der Waals surface area (Å²) < 4.78 is 17.7. The molecule has 0 spiro atoms. The molecule has 2 rings (SSSR count). The molecule has 0 aromatic heterocycles. The summed E-state index contributed by atoms with van der Waals surface area (Å²) in [6.45, 7) is 4.17. The van der Waals surface area contributed by atoms with Crippen molar-refractivity contribution in [1.29, 1.82) is 0 Å². The van der Waals surface area contributed by atoms with E-state index in [0.29, 0.717) is 17.5 Å². The number of fused-ring (bicyclic) bond motifs is 1. The Bertz CT molecular complexity index is 275. The highest BCUT2D eigenvalue weighted by Crippen LogP contribution is 2.40. The van der Waals surface area contributed by atoms with Crippen molar-refractivity contribution in [3.63, 3.8) is 0 Å². The molecule has 2 aliphatic rings. The lowest BCUT2D eigenvalue weighted by atomic mass is 9.88. The van der Waals surface area contributed by atoms with Crippen molar-refractivity contribution in [2.75, 3.05) is 12.0 Å². The number of ether oxygens (including phenoxy) is 1. The minimum Gasteiger partial charge on any atom is -0.370 e. The molecule has 90 valence electrons. The molecule has 3 heteroatoms. The Balaban J connectivity index is 1.75. The van der Waals surface area contributed by atoms with E-state index in [0.717, 1.165) is 18.1 Å². The Hall–Kier alpha value is 0.110. The van der Waals surface area contributed by atoms with E-state index in [2.05, 4.69) is 13.8 Å². The normalized spacial score (nSPS) is 36.4. The van der Waals surface area contributed by atoms with Crippen LogP contribution in [0.1, 0.15) is 39.5 Å². The van der Waals surface area contributed by atoms with Gasteiger partial charge in [0.1, 0.15) is 0 Å². The molecule has 0 N–H and O–H groups in total. The Morgan fingerprint density at radius 1 is 1.33 bits per heavy atom. The quantitative estimate of drug-likeness (QED) is 0.593. The van der Waals surface area contributed by atoms with Gasteiger partial charge in [-0.2, -0.15) is 0 Å². The van der Waals surface area contributed by atoms with Crippen molar-refractivity contribution >= 4 is 9.93 Å². The third kappa shape index (κ3) is 2.82. The number of hydrogen-bond acceptors (Lipinski definition) is 2. The van der Waals surface area contributed by atoms with Crippen molar-refractivity contribution in [2.24, 2.45) is 5.92 Å². The zero-order valence-corrected chi connectivity index (χ0v) is 11.0. The van der Waals surface area contributed by atoms with Gasteiger partial charge in [0, 0.05) is 11.0 Å². The van der Waals surface area contributed by atoms with Crippen LogP contribution in [0, 0.1) is 5.92 Å². The van der Waals surface area contributed by atoms with Gasteiger partial charge in [0.2, 0.25) is 0 Å². The highest BCUT2D eigenvalue weighted by molar-refractivity contribution is 8.02. The average molecular weight is 232 g/mol. The summed E-state index contributed by atoms with van der Waals surface area (Å²) >= 11 is 0. The fourth-order valence-corrected chi connectivity index (χ4v) is 3.84. The minimum absolute atomic E-state index is 0.353. The second-order valence-corrected chi connectivity index (χ2v) is 9.50. The molecule has 2 fully saturated rings. The Morgan fingerprint density at radius 3 is 2.67 bits per heavy atom. The van der Waals surface area contributed by atoms with Gasteiger partial charge in [-0.15, -0.1) is 9.93 Å². The minimum atomic E-state index is -1.88. The number of epoxide rings is 1. The van der Waals surface area contributed by atoms with Crippen LogP contribution in [0.5, 0.6) is 0 Å². The third-order valence-corrected chi connectivity index (χ3v) is 7.52. The summed E-state index contributed by atoms with van der Waals surface area (Å²) in [6, 6.07) is 0. The summed E-state index contributed by atoms with van der Waals surface area (Å²) in [5, 5.41) is 0.353. The highest BCUT2D eigenvalue weighted by Gasteiger charge is 2.43. The molecule has 0 radical (unpaired) electrons. The predicted molar refractivity (Wildman–Crippen MR) is 66.1 cm³/mol. The maximum atomic E-state index is 12.2. The lowest BCUT2D eigenvalue weighted by Gasteiger charge is -2.26. The summed E-state index contributed by atoms with van der Waals surface area (Å²) in [4.78, 5) is 0. The summed E-state index contributed by atoms with van der Waals surface area (Å²) in [7, 11) is -1.88. The summed E-state index contributed by atoms with van der Waals surface area (Å²) in [5.74, 6) is 1.72. The van der Waals surface area contributed by atoms with E-state index in [4.69, 9.17) is 4.74 Å². The number of rotatable bonds is 4. The smallest absolute Gasteiger partial charge is 0.0844 e. The van der Waals surface area contributed by atoms with E-state index in [1.54, 1.807) is 0 Å². The van der Waals surface area contributed by atoms with Crippen molar-refractivity contribution in [1.82, 2.24) is 0 Å². The molecular formula is C12H24O2S. The molecule has 0 amide bonds. The molecule has 1 aliphatic heterocycles. The van der Waals surface area contributed by atoms with Crippen LogP contribution < -0.4 is 0 Å². The van der Waals surface area contributed by atoms with Crippen LogP contribution in [0.15, 0.2) is 0 Å². The molecule has 3 unspecified atom stereocenters. The Morgan fingerprint density at radius 2 is 2.07 bits per heavy atom. The molecule has 1 saturated heterocycles. The number of hydrogen-bond donors (Lipinski definition) is 1. The summed E-state index contributed by atoms with van der Waals surface area (Å²) in [6.07, 6.45) is 8.04. The second kappa shape index (κ2) is 4.17. The van der Waals surface area contributed by atoms with Crippen molar-refractivity contribution in [3.05, 3.63) is 0 Å². The zero-order chi connectivity index (χ0) is 11.1.